The van der Waals surface area contributed by atoms with E-state index in [-0.39, 0.29) is 15.0 Å². The van der Waals surface area contributed by atoms with Gasteiger partial charge in [-0.2, -0.15) is 4.37 Å². The second-order valence-corrected chi connectivity index (χ2v) is 7.52. The highest BCUT2D eigenvalue weighted by atomic mass is 32.2. The van der Waals surface area contributed by atoms with Crippen LogP contribution in [0.4, 0.5) is 0 Å². The zero-order valence-electron chi connectivity index (χ0n) is 11.6. The van der Waals surface area contributed by atoms with Crippen LogP contribution in [-0.4, -0.2) is 22.9 Å². The minimum Gasteiger partial charge on any atom is -0.506 e. The van der Waals surface area contributed by atoms with Crippen molar-refractivity contribution in [3.05, 3.63) is 54.1 Å². The van der Waals surface area contributed by atoms with Crippen LogP contribution in [0.15, 0.2) is 57.8 Å². The van der Waals surface area contributed by atoms with Crippen LogP contribution in [0.25, 0.3) is 11.4 Å². The van der Waals surface area contributed by atoms with Gasteiger partial charge >= 0.3 is 0 Å². The number of phenols is 1. The van der Waals surface area contributed by atoms with Crippen molar-refractivity contribution < 1.29 is 13.5 Å². The molecule has 0 aliphatic rings. The van der Waals surface area contributed by atoms with Gasteiger partial charge in [0.15, 0.2) is 5.82 Å². The van der Waals surface area contributed by atoms with Crippen LogP contribution < -0.4 is 0 Å². The highest BCUT2D eigenvalue weighted by Gasteiger charge is 2.26. The Kier molecular flexibility index (Phi) is 3.67. The smallest absolute Gasteiger partial charge is 0.238 e. The molecular formula is C15H12N2O3S2. The second kappa shape index (κ2) is 5.51. The predicted molar refractivity (Wildman–Crippen MR) is 83.6 cm³/mol. The molecule has 1 N–H and O–H groups in total. The van der Waals surface area contributed by atoms with Crippen molar-refractivity contribution in [3.8, 4) is 17.1 Å². The normalized spacial score (nSPS) is 11.5. The number of phenolic OH excluding ortho intramolecular Hbond substituents is 1. The first-order chi connectivity index (χ1) is 10.5. The Balaban J connectivity index is 2.08. The number of rotatable bonds is 3. The van der Waals surface area contributed by atoms with E-state index in [4.69, 9.17) is 0 Å². The maximum atomic E-state index is 12.6. The van der Waals surface area contributed by atoms with Crippen LogP contribution in [0.1, 0.15) is 5.56 Å². The molecule has 0 fully saturated rings. The van der Waals surface area contributed by atoms with Gasteiger partial charge in [0.25, 0.3) is 0 Å². The summed E-state index contributed by atoms with van der Waals surface area (Å²) in [7, 11) is -3.88. The van der Waals surface area contributed by atoms with Crippen molar-refractivity contribution in [1.82, 2.24) is 9.36 Å². The van der Waals surface area contributed by atoms with E-state index in [2.05, 4.69) is 9.36 Å². The molecule has 1 aromatic heterocycles. The van der Waals surface area contributed by atoms with Crippen LogP contribution >= 0.6 is 11.5 Å². The number of hydrogen-bond acceptors (Lipinski definition) is 6. The van der Waals surface area contributed by atoms with E-state index in [0.29, 0.717) is 11.4 Å². The summed E-state index contributed by atoms with van der Waals surface area (Å²) in [6.07, 6.45) is 0. The molecule has 0 aliphatic heterocycles. The third-order valence-corrected chi connectivity index (χ3v) is 6.01. The second-order valence-electron chi connectivity index (χ2n) is 4.68. The van der Waals surface area contributed by atoms with Gasteiger partial charge in [-0.05, 0) is 30.1 Å². The minimum absolute atomic E-state index is 0.132. The van der Waals surface area contributed by atoms with Gasteiger partial charge in [-0.1, -0.05) is 42.5 Å². The van der Waals surface area contributed by atoms with E-state index in [1.807, 2.05) is 30.3 Å². The van der Waals surface area contributed by atoms with Crippen LogP contribution in [0.3, 0.4) is 0 Å². The molecule has 1 heterocycles. The average Bonchev–Trinajstić information content (AvgIpc) is 3.01. The molecule has 112 valence electrons. The number of aryl methyl sites for hydroxylation is 1. The summed E-state index contributed by atoms with van der Waals surface area (Å²) in [6.45, 7) is 1.64. The number of aromatic nitrogens is 2. The quantitative estimate of drug-likeness (QED) is 0.797. The number of benzene rings is 2. The monoisotopic (exact) mass is 332 g/mol. The molecule has 0 saturated heterocycles. The van der Waals surface area contributed by atoms with Crippen molar-refractivity contribution in [2.75, 3.05) is 0 Å². The molecule has 0 unspecified atom stereocenters. The summed E-state index contributed by atoms with van der Waals surface area (Å²) in [5.74, 6) is 0.107. The van der Waals surface area contributed by atoms with E-state index < -0.39 is 9.84 Å². The number of nitrogens with zero attached hydrogens (tertiary/aromatic N) is 2. The van der Waals surface area contributed by atoms with Crippen molar-refractivity contribution in [1.29, 1.82) is 0 Å². The Morgan fingerprint density at radius 2 is 1.77 bits per heavy atom. The predicted octanol–water partition coefficient (Wildman–Crippen LogP) is 3.05. The van der Waals surface area contributed by atoms with Crippen LogP contribution in [0.2, 0.25) is 0 Å². The third kappa shape index (κ3) is 2.49. The summed E-state index contributed by atoms with van der Waals surface area (Å²) in [4.78, 5) is 3.96. The minimum atomic E-state index is -3.88. The van der Waals surface area contributed by atoms with Crippen LogP contribution in [0, 0.1) is 6.92 Å². The SMILES string of the molecule is Cc1cccc(S(=O)(=O)c2nc(-c3ccccc3)ns2)c1O. The fourth-order valence-electron chi connectivity index (χ4n) is 1.97. The third-order valence-electron chi connectivity index (χ3n) is 3.16. The lowest BCUT2D eigenvalue weighted by Crippen LogP contribution is -2.02. The summed E-state index contributed by atoms with van der Waals surface area (Å²) in [5, 5.41) is 10.00. The zero-order chi connectivity index (χ0) is 15.7. The molecule has 2 aromatic carbocycles. The number of hydrogen-bond donors (Lipinski definition) is 1. The molecular weight excluding hydrogens is 320 g/mol. The first-order valence-electron chi connectivity index (χ1n) is 6.43. The molecule has 0 aliphatic carbocycles. The van der Waals surface area contributed by atoms with Crippen molar-refractivity contribution in [3.63, 3.8) is 0 Å². The van der Waals surface area contributed by atoms with Gasteiger partial charge < -0.3 is 5.11 Å². The highest BCUT2D eigenvalue weighted by Crippen LogP contribution is 2.32. The molecule has 0 atom stereocenters. The fourth-order valence-corrected chi connectivity index (χ4v) is 4.25. The van der Waals surface area contributed by atoms with E-state index in [9.17, 15) is 13.5 Å². The maximum absolute atomic E-state index is 12.6. The zero-order valence-corrected chi connectivity index (χ0v) is 13.2. The summed E-state index contributed by atoms with van der Waals surface area (Å²) >= 11 is 0.801. The summed E-state index contributed by atoms with van der Waals surface area (Å²) in [6, 6.07) is 13.7. The van der Waals surface area contributed by atoms with Gasteiger partial charge in [0, 0.05) is 5.56 Å². The lowest BCUT2D eigenvalue weighted by molar-refractivity contribution is 0.454. The molecule has 5 nitrogen and oxygen atoms in total. The molecule has 0 spiro atoms. The Morgan fingerprint density at radius 3 is 2.50 bits per heavy atom. The number of para-hydroxylation sites is 1. The highest BCUT2D eigenvalue weighted by molar-refractivity contribution is 7.93. The van der Waals surface area contributed by atoms with Gasteiger partial charge in [-0.25, -0.2) is 13.4 Å². The molecule has 3 aromatic rings. The largest absolute Gasteiger partial charge is 0.506 e. The molecule has 0 bridgehead atoms. The molecule has 0 amide bonds. The molecule has 3 rings (SSSR count). The fraction of sp³-hybridized carbons (Fsp3) is 0.0667. The molecule has 22 heavy (non-hydrogen) atoms. The standard InChI is InChI=1S/C15H12N2O3S2/c1-10-6-5-9-12(13(10)18)22(19,20)15-16-14(17-21-15)11-7-3-2-4-8-11/h2-9,18H,1H3. The van der Waals surface area contributed by atoms with Gasteiger partial charge in [0.1, 0.15) is 10.6 Å². The van der Waals surface area contributed by atoms with Gasteiger partial charge in [0.05, 0.1) is 0 Å². The first kappa shape index (κ1) is 14.7. The molecule has 0 radical (unpaired) electrons. The summed E-state index contributed by atoms with van der Waals surface area (Å²) < 4.78 is 29.2. The Bertz CT molecular complexity index is 919. The van der Waals surface area contributed by atoms with Crippen molar-refractivity contribution >= 4 is 21.4 Å². The Labute approximate surface area is 132 Å². The Hall–Kier alpha value is -2.25. The van der Waals surface area contributed by atoms with Crippen molar-refractivity contribution in [2.24, 2.45) is 0 Å². The maximum Gasteiger partial charge on any atom is 0.238 e. The van der Waals surface area contributed by atoms with Crippen LogP contribution in [0.5, 0.6) is 5.75 Å². The van der Waals surface area contributed by atoms with Gasteiger partial charge in [-0.3, -0.25) is 0 Å². The number of aromatic hydroxyl groups is 1. The van der Waals surface area contributed by atoms with E-state index in [1.165, 1.54) is 6.07 Å². The number of sulfone groups is 1. The molecule has 0 saturated carbocycles. The van der Waals surface area contributed by atoms with E-state index >= 15 is 0 Å². The lowest BCUT2D eigenvalue weighted by atomic mass is 10.2. The Morgan fingerprint density at radius 1 is 1.05 bits per heavy atom. The van der Waals surface area contributed by atoms with Crippen LogP contribution in [-0.2, 0) is 9.84 Å². The van der Waals surface area contributed by atoms with Gasteiger partial charge in [-0.15, -0.1) is 0 Å². The summed E-state index contributed by atoms with van der Waals surface area (Å²) in [5.41, 5.74) is 1.24. The average molecular weight is 332 g/mol. The van der Waals surface area contributed by atoms with Gasteiger partial charge in [0.2, 0.25) is 14.2 Å². The van der Waals surface area contributed by atoms with E-state index in [0.717, 1.165) is 17.1 Å². The topological polar surface area (TPSA) is 80.2 Å². The van der Waals surface area contributed by atoms with Crippen molar-refractivity contribution in [2.45, 2.75) is 16.2 Å². The first-order valence-corrected chi connectivity index (χ1v) is 8.68. The lowest BCUT2D eigenvalue weighted by Gasteiger charge is -2.05. The van der Waals surface area contributed by atoms with E-state index in [1.54, 1.807) is 19.1 Å². The molecule has 7 heteroatoms.